The fourth-order valence-corrected chi connectivity index (χ4v) is 4.37. The summed E-state index contributed by atoms with van der Waals surface area (Å²) in [6.45, 7) is 0. The first-order valence-corrected chi connectivity index (χ1v) is 10.2. The first kappa shape index (κ1) is 19.9. The molecule has 0 aliphatic heterocycles. The first-order chi connectivity index (χ1) is 14.3. The number of benzene rings is 1. The van der Waals surface area contributed by atoms with Crippen LogP contribution >= 0.6 is 0 Å². The number of nitrogens with one attached hydrogen (secondary N) is 3. The van der Waals surface area contributed by atoms with E-state index in [2.05, 4.69) is 24.7 Å². The Kier molecular flexibility index (Phi) is 4.94. The standard InChI is InChI=1S/C18H17F2N5O4S/c1-28-16-11(7-13(19)20)17(29-2)24-18(23-16)25-30(26,27)12-8-22-15-10(12)4-3-9-5-6-21-14(9)15/h3-6,8,13,21-22H,7H2,1-2H3,(H,23,24,25). The highest BCUT2D eigenvalue weighted by Crippen LogP contribution is 2.32. The Hall–Kier alpha value is -3.41. The summed E-state index contributed by atoms with van der Waals surface area (Å²) in [6.07, 6.45) is -0.277. The lowest BCUT2D eigenvalue weighted by Crippen LogP contribution is -2.16. The topological polar surface area (TPSA) is 122 Å². The smallest absolute Gasteiger partial charge is 0.266 e. The normalized spacial score (nSPS) is 12.0. The molecule has 0 aliphatic rings. The highest BCUT2D eigenvalue weighted by Gasteiger charge is 2.25. The summed E-state index contributed by atoms with van der Waals surface area (Å²) in [4.78, 5) is 13.8. The molecular weight excluding hydrogens is 420 g/mol. The third kappa shape index (κ3) is 3.38. The molecule has 0 bridgehead atoms. The minimum atomic E-state index is -4.11. The van der Waals surface area contributed by atoms with Crippen molar-refractivity contribution in [2.24, 2.45) is 0 Å². The molecule has 1 aromatic carbocycles. The van der Waals surface area contributed by atoms with Crippen LogP contribution in [0.4, 0.5) is 14.7 Å². The molecule has 0 aliphatic carbocycles. The molecule has 30 heavy (non-hydrogen) atoms. The van der Waals surface area contributed by atoms with Gasteiger partial charge in [0.15, 0.2) is 0 Å². The minimum Gasteiger partial charge on any atom is -0.481 e. The van der Waals surface area contributed by atoms with E-state index in [1.54, 1.807) is 18.3 Å². The fraction of sp³-hybridized carbons (Fsp3) is 0.222. The molecule has 12 heteroatoms. The fourth-order valence-electron chi connectivity index (χ4n) is 3.25. The van der Waals surface area contributed by atoms with Gasteiger partial charge in [-0.2, -0.15) is 9.97 Å². The lowest BCUT2D eigenvalue weighted by atomic mass is 10.2. The Morgan fingerprint density at radius 1 is 1.07 bits per heavy atom. The number of H-pyrrole nitrogens is 2. The Balaban J connectivity index is 1.75. The van der Waals surface area contributed by atoms with Crippen molar-refractivity contribution in [3.63, 3.8) is 0 Å². The van der Waals surface area contributed by atoms with Gasteiger partial charge >= 0.3 is 0 Å². The van der Waals surface area contributed by atoms with Crippen molar-refractivity contribution < 1.29 is 26.7 Å². The quantitative estimate of drug-likeness (QED) is 0.409. The van der Waals surface area contributed by atoms with Crippen molar-refractivity contribution in [2.75, 3.05) is 18.9 Å². The van der Waals surface area contributed by atoms with E-state index in [9.17, 15) is 17.2 Å². The van der Waals surface area contributed by atoms with Gasteiger partial charge in [-0.25, -0.2) is 21.9 Å². The number of aromatic amines is 2. The van der Waals surface area contributed by atoms with Crippen LogP contribution in [0.15, 0.2) is 35.5 Å². The summed E-state index contributed by atoms with van der Waals surface area (Å²) in [5, 5.41) is 1.39. The summed E-state index contributed by atoms with van der Waals surface area (Å²) in [5.41, 5.74) is 1.34. The highest BCUT2D eigenvalue weighted by molar-refractivity contribution is 7.93. The number of methoxy groups -OCH3 is 2. The number of anilines is 1. The molecular formula is C18H17F2N5O4S. The second kappa shape index (κ2) is 7.44. The zero-order chi connectivity index (χ0) is 21.5. The molecule has 4 rings (SSSR count). The van der Waals surface area contributed by atoms with Gasteiger partial charge in [-0.05, 0) is 6.07 Å². The van der Waals surface area contributed by atoms with Crippen LogP contribution in [0, 0.1) is 0 Å². The van der Waals surface area contributed by atoms with Crippen molar-refractivity contribution in [3.05, 3.63) is 36.2 Å². The number of halogens is 2. The van der Waals surface area contributed by atoms with Crippen LogP contribution in [0.25, 0.3) is 21.8 Å². The van der Waals surface area contributed by atoms with E-state index in [4.69, 9.17) is 9.47 Å². The second-order valence-electron chi connectivity index (χ2n) is 6.33. The molecule has 3 heterocycles. The second-order valence-corrected chi connectivity index (χ2v) is 7.98. The minimum absolute atomic E-state index is 0.0211. The molecule has 3 aromatic heterocycles. The Bertz CT molecular complexity index is 1310. The van der Waals surface area contributed by atoms with E-state index in [0.29, 0.717) is 10.9 Å². The molecule has 0 atom stereocenters. The van der Waals surface area contributed by atoms with Gasteiger partial charge in [-0.1, -0.05) is 12.1 Å². The van der Waals surface area contributed by atoms with Crippen molar-refractivity contribution in [3.8, 4) is 11.8 Å². The maximum Gasteiger partial charge on any atom is 0.266 e. The summed E-state index contributed by atoms with van der Waals surface area (Å²) in [5.74, 6) is -0.768. The molecule has 0 radical (unpaired) electrons. The molecule has 0 spiro atoms. The van der Waals surface area contributed by atoms with Gasteiger partial charge in [0, 0.05) is 29.6 Å². The molecule has 158 valence electrons. The van der Waals surface area contributed by atoms with Gasteiger partial charge in [0.25, 0.3) is 10.0 Å². The molecule has 0 fully saturated rings. The van der Waals surface area contributed by atoms with Gasteiger partial charge in [-0.3, -0.25) is 0 Å². The maximum absolute atomic E-state index is 13.0. The maximum atomic E-state index is 13.0. The Morgan fingerprint density at radius 2 is 1.77 bits per heavy atom. The SMILES string of the molecule is COc1nc(NS(=O)(=O)c2c[nH]c3c2ccc2cc[nH]c23)nc(OC)c1CC(F)F. The zero-order valence-corrected chi connectivity index (χ0v) is 16.7. The summed E-state index contributed by atoms with van der Waals surface area (Å²) in [7, 11) is -1.65. The molecule has 0 saturated heterocycles. The molecule has 9 nitrogen and oxygen atoms in total. The number of fused-ring (bicyclic) bond motifs is 3. The van der Waals surface area contributed by atoms with Gasteiger partial charge in [0.1, 0.15) is 4.90 Å². The van der Waals surface area contributed by atoms with Crippen LogP contribution in [-0.4, -0.2) is 49.0 Å². The molecule has 0 saturated carbocycles. The first-order valence-electron chi connectivity index (χ1n) is 8.71. The van der Waals surface area contributed by atoms with Crippen LogP contribution in [0.5, 0.6) is 11.8 Å². The van der Waals surface area contributed by atoms with E-state index < -0.39 is 22.9 Å². The Labute approximate surface area is 169 Å². The summed E-state index contributed by atoms with van der Waals surface area (Å²) >= 11 is 0. The molecule has 0 amide bonds. The van der Waals surface area contributed by atoms with Crippen LogP contribution in [0.3, 0.4) is 0 Å². The number of rotatable bonds is 7. The van der Waals surface area contributed by atoms with Gasteiger partial charge in [0.2, 0.25) is 24.1 Å². The average Bonchev–Trinajstić information content (AvgIpc) is 3.34. The van der Waals surface area contributed by atoms with E-state index in [-0.39, 0.29) is 28.2 Å². The largest absolute Gasteiger partial charge is 0.481 e. The van der Waals surface area contributed by atoms with E-state index in [0.717, 1.165) is 10.9 Å². The van der Waals surface area contributed by atoms with Crippen LogP contribution in [0.2, 0.25) is 0 Å². The van der Waals surface area contributed by atoms with Crippen LogP contribution in [-0.2, 0) is 16.4 Å². The Morgan fingerprint density at radius 3 is 2.40 bits per heavy atom. The van der Waals surface area contributed by atoms with Gasteiger partial charge in [0.05, 0.1) is 30.8 Å². The van der Waals surface area contributed by atoms with Crippen LogP contribution in [0.1, 0.15) is 5.56 Å². The average molecular weight is 437 g/mol. The van der Waals surface area contributed by atoms with E-state index in [1.165, 1.54) is 20.4 Å². The lowest BCUT2D eigenvalue weighted by Gasteiger charge is -2.13. The zero-order valence-electron chi connectivity index (χ0n) is 15.9. The highest BCUT2D eigenvalue weighted by atomic mass is 32.2. The number of sulfonamides is 1. The summed E-state index contributed by atoms with van der Waals surface area (Å²) in [6, 6.07) is 5.35. The lowest BCUT2D eigenvalue weighted by molar-refractivity contribution is 0.146. The monoisotopic (exact) mass is 437 g/mol. The molecule has 4 aromatic rings. The molecule has 3 N–H and O–H groups in total. The number of ether oxygens (including phenoxy) is 2. The van der Waals surface area contributed by atoms with Crippen molar-refractivity contribution in [1.82, 2.24) is 19.9 Å². The van der Waals surface area contributed by atoms with Gasteiger partial charge < -0.3 is 19.4 Å². The third-order valence-corrected chi connectivity index (χ3v) is 5.90. The third-order valence-electron chi connectivity index (χ3n) is 4.53. The molecule has 0 unspecified atom stereocenters. The van der Waals surface area contributed by atoms with E-state index >= 15 is 0 Å². The summed E-state index contributed by atoms with van der Waals surface area (Å²) < 4.78 is 64.0. The number of hydrogen-bond acceptors (Lipinski definition) is 6. The van der Waals surface area contributed by atoms with Crippen molar-refractivity contribution >= 4 is 37.8 Å². The number of aromatic nitrogens is 4. The van der Waals surface area contributed by atoms with Crippen molar-refractivity contribution in [2.45, 2.75) is 17.7 Å². The van der Waals surface area contributed by atoms with E-state index in [1.807, 2.05) is 6.07 Å². The predicted molar refractivity (Wildman–Crippen MR) is 106 cm³/mol. The number of nitrogens with zero attached hydrogens (tertiary/aromatic N) is 2. The van der Waals surface area contributed by atoms with Crippen LogP contribution < -0.4 is 14.2 Å². The predicted octanol–water partition coefficient (Wildman–Crippen LogP) is 3.06. The number of alkyl halides is 2. The van der Waals surface area contributed by atoms with Gasteiger partial charge in [-0.15, -0.1) is 0 Å². The number of hydrogen-bond donors (Lipinski definition) is 3. The van der Waals surface area contributed by atoms with Crippen molar-refractivity contribution in [1.29, 1.82) is 0 Å².